The van der Waals surface area contributed by atoms with Crippen LogP contribution in [0, 0.1) is 6.92 Å². The van der Waals surface area contributed by atoms with Crippen molar-refractivity contribution in [3.63, 3.8) is 0 Å². The average Bonchev–Trinajstić information content (AvgIpc) is 3.38. The van der Waals surface area contributed by atoms with E-state index >= 15 is 0 Å². The summed E-state index contributed by atoms with van der Waals surface area (Å²) in [5.41, 5.74) is 9.46. The number of hydrogen-bond donors (Lipinski definition) is 1. The summed E-state index contributed by atoms with van der Waals surface area (Å²) in [5.74, 6) is 1.34. The van der Waals surface area contributed by atoms with Gasteiger partial charge in [-0.2, -0.15) is 5.10 Å². The van der Waals surface area contributed by atoms with Gasteiger partial charge in [0.05, 0.1) is 23.9 Å². The van der Waals surface area contributed by atoms with Crippen LogP contribution in [0.4, 0.5) is 5.13 Å². The molecule has 0 amide bonds. The molecule has 0 radical (unpaired) electrons. The molecule has 1 heterocycles. The van der Waals surface area contributed by atoms with Crippen molar-refractivity contribution < 1.29 is 9.47 Å². The fourth-order valence-electron chi connectivity index (χ4n) is 3.84. The van der Waals surface area contributed by atoms with Crippen molar-refractivity contribution in [2.45, 2.75) is 13.5 Å². The van der Waals surface area contributed by atoms with Gasteiger partial charge < -0.3 is 9.47 Å². The molecule has 0 saturated carbocycles. The summed E-state index contributed by atoms with van der Waals surface area (Å²) in [7, 11) is 1.64. The maximum absolute atomic E-state index is 5.96. The largest absolute Gasteiger partial charge is 0.493 e. The first-order valence-corrected chi connectivity index (χ1v) is 12.8. The lowest BCUT2D eigenvalue weighted by Crippen LogP contribution is -1.98. The summed E-state index contributed by atoms with van der Waals surface area (Å²) in [5, 5.41) is 5.17. The molecule has 0 fully saturated rings. The van der Waals surface area contributed by atoms with Gasteiger partial charge in [0.2, 0.25) is 5.13 Å². The number of methoxy groups -OCH3 is 1. The van der Waals surface area contributed by atoms with E-state index in [0.29, 0.717) is 18.1 Å². The van der Waals surface area contributed by atoms with Gasteiger partial charge in [0.15, 0.2) is 11.5 Å². The van der Waals surface area contributed by atoms with Gasteiger partial charge >= 0.3 is 0 Å². The Morgan fingerprint density at radius 1 is 0.838 bits per heavy atom. The molecule has 0 spiro atoms. The molecular weight excluding hydrogens is 478 g/mol. The van der Waals surface area contributed by atoms with E-state index in [1.54, 1.807) is 24.7 Å². The monoisotopic (exact) mass is 505 g/mol. The van der Waals surface area contributed by atoms with Gasteiger partial charge in [-0.25, -0.2) is 4.98 Å². The molecule has 184 valence electrons. The standard InChI is InChI=1S/C31H27N3O2S/c1-22-13-16-25(17-14-22)29-30(26-11-7-4-8-12-26)37-31(33-29)34-32-20-24-15-18-27(28(19-24)35-2)36-21-23-9-5-3-6-10-23/h3-20H,21H2,1-2H3,(H,33,34)/b32-20-. The number of thiazole rings is 1. The Balaban J connectivity index is 1.33. The van der Waals surface area contributed by atoms with Crippen LogP contribution in [0.15, 0.2) is 108 Å². The van der Waals surface area contributed by atoms with Gasteiger partial charge in [0.1, 0.15) is 6.61 Å². The van der Waals surface area contributed by atoms with E-state index in [1.807, 2.05) is 66.7 Å². The second-order valence-electron chi connectivity index (χ2n) is 8.48. The third kappa shape index (κ3) is 6.05. The van der Waals surface area contributed by atoms with Gasteiger partial charge in [-0.1, -0.05) is 102 Å². The Labute approximate surface area is 221 Å². The van der Waals surface area contributed by atoms with Crippen LogP contribution >= 0.6 is 11.3 Å². The number of hydrazone groups is 1. The highest BCUT2D eigenvalue weighted by Crippen LogP contribution is 2.39. The first kappa shape index (κ1) is 24.3. The third-order valence-electron chi connectivity index (χ3n) is 5.79. The summed E-state index contributed by atoms with van der Waals surface area (Å²) in [6, 6.07) is 34.5. The summed E-state index contributed by atoms with van der Waals surface area (Å²) in [6.07, 6.45) is 1.75. The SMILES string of the molecule is COc1cc(/C=N\Nc2nc(-c3ccc(C)cc3)c(-c3ccccc3)s2)ccc1OCc1ccccc1. The summed E-state index contributed by atoms with van der Waals surface area (Å²) in [4.78, 5) is 5.97. The molecule has 0 aliphatic rings. The van der Waals surface area contributed by atoms with Crippen LogP contribution in [-0.2, 0) is 6.61 Å². The molecular formula is C31H27N3O2S. The smallest absolute Gasteiger partial charge is 0.204 e. The van der Waals surface area contributed by atoms with Crippen molar-refractivity contribution in [2.24, 2.45) is 5.10 Å². The van der Waals surface area contributed by atoms with Crippen molar-refractivity contribution in [2.75, 3.05) is 12.5 Å². The van der Waals surface area contributed by atoms with Gasteiger partial charge in [-0.05, 0) is 41.8 Å². The lowest BCUT2D eigenvalue weighted by molar-refractivity contribution is 0.284. The summed E-state index contributed by atoms with van der Waals surface area (Å²) >= 11 is 1.58. The highest BCUT2D eigenvalue weighted by atomic mass is 32.1. The number of nitrogens with zero attached hydrogens (tertiary/aromatic N) is 2. The molecule has 5 aromatic rings. The number of hydrogen-bond acceptors (Lipinski definition) is 6. The molecule has 0 saturated heterocycles. The zero-order chi connectivity index (χ0) is 25.5. The molecule has 37 heavy (non-hydrogen) atoms. The topological polar surface area (TPSA) is 55.7 Å². The Morgan fingerprint density at radius 2 is 1.57 bits per heavy atom. The van der Waals surface area contributed by atoms with E-state index in [4.69, 9.17) is 14.5 Å². The first-order valence-electron chi connectivity index (χ1n) is 12.0. The fourth-order valence-corrected chi connectivity index (χ4v) is 4.78. The van der Waals surface area contributed by atoms with Crippen molar-refractivity contribution in [3.05, 3.63) is 120 Å². The third-order valence-corrected chi connectivity index (χ3v) is 6.80. The van der Waals surface area contributed by atoms with Crippen LogP contribution in [0.1, 0.15) is 16.7 Å². The number of anilines is 1. The lowest BCUT2D eigenvalue weighted by Gasteiger charge is -2.11. The van der Waals surface area contributed by atoms with Gasteiger partial charge in [-0.3, -0.25) is 5.43 Å². The molecule has 0 atom stereocenters. The maximum Gasteiger partial charge on any atom is 0.204 e. The van der Waals surface area contributed by atoms with Crippen LogP contribution in [0.2, 0.25) is 0 Å². The number of benzene rings is 4. The van der Waals surface area contributed by atoms with Crippen molar-refractivity contribution >= 4 is 22.7 Å². The Bertz CT molecular complexity index is 1480. The maximum atomic E-state index is 5.96. The van der Waals surface area contributed by atoms with Gasteiger partial charge in [-0.15, -0.1) is 0 Å². The minimum Gasteiger partial charge on any atom is -0.493 e. The quantitative estimate of drug-likeness (QED) is 0.164. The Hall–Kier alpha value is -4.42. The molecule has 0 unspecified atom stereocenters. The highest BCUT2D eigenvalue weighted by Gasteiger charge is 2.15. The van der Waals surface area contributed by atoms with E-state index in [-0.39, 0.29) is 0 Å². The predicted molar refractivity (Wildman–Crippen MR) is 153 cm³/mol. The summed E-state index contributed by atoms with van der Waals surface area (Å²) < 4.78 is 11.5. The van der Waals surface area contributed by atoms with Gasteiger partial charge in [0, 0.05) is 5.56 Å². The fraction of sp³-hybridized carbons (Fsp3) is 0.0968. The predicted octanol–water partition coefficient (Wildman–Crippen LogP) is 7.82. The minimum absolute atomic E-state index is 0.475. The van der Waals surface area contributed by atoms with E-state index in [1.165, 1.54) is 5.56 Å². The van der Waals surface area contributed by atoms with Crippen molar-refractivity contribution in [3.8, 4) is 33.2 Å². The number of aryl methyl sites for hydroxylation is 1. The van der Waals surface area contributed by atoms with Gasteiger partial charge in [0.25, 0.3) is 0 Å². The molecule has 1 aromatic heterocycles. The molecule has 0 bridgehead atoms. The average molecular weight is 506 g/mol. The van der Waals surface area contributed by atoms with Crippen LogP contribution in [0.5, 0.6) is 11.5 Å². The second-order valence-corrected chi connectivity index (χ2v) is 9.48. The Morgan fingerprint density at radius 3 is 2.30 bits per heavy atom. The van der Waals surface area contributed by atoms with E-state index in [2.05, 4.69) is 53.8 Å². The second kappa shape index (κ2) is 11.5. The first-order chi connectivity index (χ1) is 18.2. The number of ether oxygens (including phenoxy) is 2. The molecule has 4 aromatic carbocycles. The van der Waals surface area contributed by atoms with E-state index < -0.39 is 0 Å². The molecule has 5 nitrogen and oxygen atoms in total. The van der Waals surface area contributed by atoms with Crippen LogP contribution in [0.25, 0.3) is 21.7 Å². The molecule has 0 aliphatic heterocycles. The molecule has 6 heteroatoms. The zero-order valence-electron chi connectivity index (χ0n) is 20.7. The van der Waals surface area contributed by atoms with Crippen molar-refractivity contribution in [1.29, 1.82) is 0 Å². The Kier molecular flexibility index (Phi) is 7.58. The zero-order valence-corrected chi connectivity index (χ0v) is 21.5. The normalized spacial score (nSPS) is 11.0. The lowest BCUT2D eigenvalue weighted by atomic mass is 10.1. The number of aromatic nitrogens is 1. The number of rotatable bonds is 9. The van der Waals surface area contributed by atoms with E-state index in [9.17, 15) is 0 Å². The molecule has 1 N–H and O–H groups in total. The highest BCUT2D eigenvalue weighted by molar-refractivity contribution is 7.19. The van der Waals surface area contributed by atoms with Crippen LogP contribution in [0.3, 0.4) is 0 Å². The summed E-state index contributed by atoms with van der Waals surface area (Å²) in [6.45, 7) is 2.56. The van der Waals surface area contributed by atoms with Crippen LogP contribution in [-0.4, -0.2) is 18.3 Å². The minimum atomic E-state index is 0.475. The van der Waals surface area contributed by atoms with Crippen molar-refractivity contribution in [1.82, 2.24) is 4.98 Å². The number of nitrogens with one attached hydrogen (secondary N) is 1. The molecule has 5 rings (SSSR count). The molecule has 0 aliphatic carbocycles. The van der Waals surface area contributed by atoms with E-state index in [0.717, 1.165) is 38.0 Å². The van der Waals surface area contributed by atoms with Crippen LogP contribution < -0.4 is 14.9 Å².